The first-order valence-corrected chi connectivity index (χ1v) is 5.61. The standard InChI is InChI=1S/C13H21NO/c1-5-14(6-2)11(3)12-9-7-8-10-13(12)15-4/h7-11H,5-6H2,1-4H3/t11-/m0/s1. The van der Waals surface area contributed by atoms with Crippen molar-refractivity contribution in [3.05, 3.63) is 29.8 Å². The highest BCUT2D eigenvalue weighted by Gasteiger charge is 2.15. The van der Waals surface area contributed by atoms with E-state index in [2.05, 4.69) is 37.8 Å². The molecule has 0 radical (unpaired) electrons. The molecule has 0 aliphatic heterocycles. The van der Waals surface area contributed by atoms with Crippen LogP contribution in [0, 0.1) is 0 Å². The molecule has 0 aliphatic carbocycles. The smallest absolute Gasteiger partial charge is 0.123 e. The zero-order chi connectivity index (χ0) is 11.3. The van der Waals surface area contributed by atoms with Crippen molar-refractivity contribution in [3.8, 4) is 5.75 Å². The van der Waals surface area contributed by atoms with Gasteiger partial charge in [0.2, 0.25) is 0 Å². The maximum Gasteiger partial charge on any atom is 0.123 e. The van der Waals surface area contributed by atoms with Crippen molar-refractivity contribution in [3.63, 3.8) is 0 Å². The van der Waals surface area contributed by atoms with Crippen LogP contribution in [0.25, 0.3) is 0 Å². The Morgan fingerprint density at radius 2 is 1.80 bits per heavy atom. The largest absolute Gasteiger partial charge is 0.496 e. The minimum atomic E-state index is 0.413. The summed E-state index contributed by atoms with van der Waals surface area (Å²) in [6.45, 7) is 8.74. The molecule has 0 heterocycles. The Hall–Kier alpha value is -1.02. The van der Waals surface area contributed by atoms with E-state index in [9.17, 15) is 0 Å². The number of hydrogen-bond acceptors (Lipinski definition) is 2. The van der Waals surface area contributed by atoms with Crippen LogP contribution in [0.4, 0.5) is 0 Å². The Morgan fingerprint density at radius 3 is 2.33 bits per heavy atom. The lowest BCUT2D eigenvalue weighted by atomic mass is 10.1. The van der Waals surface area contributed by atoms with Crippen LogP contribution >= 0.6 is 0 Å². The Bertz CT molecular complexity index is 294. The lowest BCUT2D eigenvalue weighted by Crippen LogP contribution is -2.26. The number of methoxy groups -OCH3 is 1. The van der Waals surface area contributed by atoms with Gasteiger partial charge in [-0.1, -0.05) is 32.0 Å². The van der Waals surface area contributed by atoms with Crippen molar-refractivity contribution in [1.82, 2.24) is 4.90 Å². The summed E-state index contributed by atoms with van der Waals surface area (Å²) in [5, 5.41) is 0. The molecule has 0 spiro atoms. The van der Waals surface area contributed by atoms with Crippen molar-refractivity contribution in [2.45, 2.75) is 26.8 Å². The molecular formula is C13H21NO. The molecule has 0 fully saturated rings. The van der Waals surface area contributed by atoms with Crippen molar-refractivity contribution in [1.29, 1.82) is 0 Å². The highest BCUT2D eigenvalue weighted by atomic mass is 16.5. The third kappa shape index (κ3) is 2.72. The van der Waals surface area contributed by atoms with E-state index in [1.54, 1.807) is 7.11 Å². The second kappa shape index (κ2) is 5.76. The molecular weight excluding hydrogens is 186 g/mol. The molecule has 2 nitrogen and oxygen atoms in total. The average Bonchev–Trinajstić information content (AvgIpc) is 2.30. The molecule has 0 aromatic heterocycles. The highest BCUT2D eigenvalue weighted by Crippen LogP contribution is 2.28. The molecule has 1 aromatic carbocycles. The van der Waals surface area contributed by atoms with E-state index >= 15 is 0 Å². The van der Waals surface area contributed by atoms with Crippen molar-refractivity contribution < 1.29 is 4.74 Å². The first kappa shape index (κ1) is 12.1. The minimum Gasteiger partial charge on any atom is -0.496 e. The van der Waals surface area contributed by atoms with Gasteiger partial charge in [-0.3, -0.25) is 4.90 Å². The maximum atomic E-state index is 5.38. The van der Waals surface area contributed by atoms with E-state index in [0.717, 1.165) is 18.8 Å². The van der Waals surface area contributed by atoms with Crippen LogP contribution in [-0.4, -0.2) is 25.1 Å². The van der Waals surface area contributed by atoms with Crippen molar-refractivity contribution in [2.75, 3.05) is 20.2 Å². The number of hydrogen-bond donors (Lipinski definition) is 0. The monoisotopic (exact) mass is 207 g/mol. The molecule has 0 saturated heterocycles. The summed E-state index contributed by atoms with van der Waals surface area (Å²) in [6.07, 6.45) is 0. The van der Waals surface area contributed by atoms with Gasteiger partial charge in [-0.05, 0) is 26.1 Å². The van der Waals surface area contributed by atoms with E-state index in [-0.39, 0.29) is 0 Å². The first-order valence-electron chi connectivity index (χ1n) is 5.61. The Labute approximate surface area is 92.9 Å². The van der Waals surface area contributed by atoms with E-state index < -0.39 is 0 Å². The normalized spacial score (nSPS) is 12.9. The zero-order valence-corrected chi connectivity index (χ0v) is 10.2. The quantitative estimate of drug-likeness (QED) is 0.735. The first-order chi connectivity index (χ1) is 7.24. The molecule has 1 aromatic rings. The van der Waals surface area contributed by atoms with Crippen LogP contribution in [0.2, 0.25) is 0 Å². The molecule has 0 unspecified atom stereocenters. The second-order valence-electron chi connectivity index (χ2n) is 3.64. The fourth-order valence-corrected chi connectivity index (χ4v) is 1.98. The molecule has 0 aliphatic rings. The Kier molecular flexibility index (Phi) is 4.63. The van der Waals surface area contributed by atoms with Crippen molar-refractivity contribution in [2.24, 2.45) is 0 Å². The molecule has 1 atom stereocenters. The van der Waals surface area contributed by atoms with Gasteiger partial charge in [0.1, 0.15) is 5.75 Å². The van der Waals surface area contributed by atoms with Gasteiger partial charge < -0.3 is 4.74 Å². The Morgan fingerprint density at radius 1 is 1.20 bits per heavy atom. The van der Waals surface area contributed by atoms with Gasteiger partial charge >= 0.3 is 0 Å². The average molecular weight is 207 g/mol. The van der Waals surface area contributed by atoms with Crippen LogP contribution in [-0.2, 0) is 0 Å². The number of benzene rings is 1. The van der Waals surface area contributed by atoms with Crippen LogP contribution in [0.3, 0.4) is 0 Å². The van der Waals surface area contributed by atoms with E-state index in [0.29, 0.717) is 6.04 Å². The fourth-order valence-electron chi connectivity index (χ4n) is 1.98. The molecule has 15 heavy (non-hydrogen) atoms. The Balaban J connectivity index is 2.93. The summed E-state index contributed by atoms with van der Waals surface area (Å²) in [5.41, 5.74) is 1.27. The lowest BCUT2D eigenvalue weighted by molar-refractivity contribution is 0.229. The highest BCUT2D eigenvalue weighted by molar-refractivity contribution is 5.35. The third-order valence-corrected chi connectivity index (χ3v) is 2.95. The van der Waals surface area contributed by atoms with Gasteiger partial charge in [0.15, 0.2) is 0 Å². The maximum absolute atomic E-state index is 5.38. The predicted molar refractivity (Wildman–Crippen MR) is 64.3 cm³/mol. The summed E-state index contributed by atoms with van der Waals surface area (Å²) in [6, 6.07) is 8.66. The molecule has 2 heteroatoms. The summed E-state index contributed by atoms with van der Waals surface area (Å²) >= 11 is 0. The summed E-state index contributed by atoms with van der Waals surface area (Å²) < 4.78 is 5.38. The van der Waals surface area contributed by atoms with E-state index in [1.165, 1.54) is 5.56 Å². The molecule has 0 saturated carbocycles. The molecule has 0 amide bonds. The van der Waals surface area contributed by atoms with Crippen LogP contribution < -0.4 is 4.74 Å². The van der Waals surface area contributed by atoms with Gasteiger partial charge in [-0.25, -0.2) is 0 Å². The summed E-state index contributed by atoms with van der Waals surface area (Å²) in [4.78, 5) is 2.41. The number of para-hydroxylation sites is 1. The van der Waals surface area contributed by atoms with Crippen molar-refractivity contribution >= 4 is 0 Å². The summed E-state index contributed by atoms with van der Waals surface area (Å²) in [7, 11) is 1.73. The summed E-state index contributed by atoms with van der Waals surface area (Å²) in [5.74, 6) is 0.983. The van der Waals surface area contributed by atoms with Gasteiger partial charge in [-0.15, -0.1) is 0 Å². The fraction of sp³-hybridized carbons (Fsp3) is 0.538. The van der Waals surface area contributed by atoms with Crippen LogP contribution in [0.1, 0.15) is 32.4 Å². The zero-order valence-electron chi connectivity index (χ0n) is 10.2. The number of rotatable bonds is 5. The molecule has 84 valence electrons. The second-order valence-corrected chi connectivity index (χ2v) is 3.64. The van der Waals surface area contributed by atoms with Gasteiger partial charge in [0.25, 0.3) is 0 Å². The SMILES string of the molecule is CCN(CC)[C@@H](C)c1ccccc1OC. The molecule has 0 N–H and O–H groups in total. The van der Waals surface area contributed by atoms with Crippen LogP contribution in [0.5, 0.6) is 5.75 Å². The third-order valence-electron chi connectivity index (χ3n) is 2.95. The minimum absolute atomic E-state index is 0.413. The topological polar surface area (TPSA) is 12.5 Å². The molecule has 1 rings (SSSR count). The number of ether oxygens (including phenoxy) is 1. The predicted octanol–water partition coefficient (Wildman–Crippen LogP) is 3.10. The van der Waals surface area contributed by atoms with Gasteiger partial charge in [0, 0.05) is 11.6 Å². The van der Waals surface area contributed by atoms with E-state index in [1.807, 2.05) is 12.1 Å². The van der Waals surface area contributed by atoms with Crippen LogP contribution in [0.15, 0.2) is 24.3 Å². The van der Waals surface area contributed by atoms with E-state index in [4.69, 9.17) is 4.74 Å². The van der Waals surface area contributed by atoms with Gasteiger partial charge in [0.05, 0.1) is 7.11 Å². The van der Waals surface area contributed by atoms with Gasteiger partial charge in [-0.2, -0.15) is 0 Å². The lowest BCUT2D eigenvalue weighted by Gasteiger charge is -2.27. The number of nitrogens with zero attached hydrogens (tertiary/aromatic N) is 1. The molecule has 0 bridgehead atoms.